The fourth-order valence-corrected chi connectivity index (χ4v) is 3.98. The highest BCUT2D eigenvalue weighted by Gasteiger charge is 2.33. The SMILES string of the molecule is CC(C)c1cc(CC2(N)N=C(N)C=C(N3CCN(S(C)(=O)=O)CC3)N2)on1. The largest absolute Gasteiger partial charge is 0.384 e. The molecule has 0 aromatic carbocycles. The summed E-state index contributed by atoms with van der Waals surface area (Å²) in [5, 5.41) is 7.26. The number of aromatic nitrogens is 1. The summed E-state index contributed by atoms with van der Waals surface area (Å²) in [5.41, 5.74) is 13.3. The normalized spacial score (nSPS) is 24.6. The van der Waals surface area contributed by atoms with Crippen molar-refractivity contribution in [3.8, 4) is 0 Å². The standard InChI is InChI=1S/C16H27N7O3S/c1-11(2)13-8-12(26-21-13)10-16(18)19-14(17)9-15(20-16)22-4-6-23(7-5-22)27(3,24)25/h8-9,11,20H,4-7,10,18H2,1-3H3,(H2,17,19). The molecule has 150 valence electrons. The van der Waals surface area contributed by atoms with Crippen LogP contribution < -0.4 is 16.8 Å². The van der Waals surface area contributed by atoms with Gasteiger partial charge in [0.05, 0.1) is 18.4 Å². The van der Waals surface area contributed by atoms with Crippen LogP contribution in [-0.4, -0.2) is 66.8 Å². The molecule has 1 unspecified atom stereocenters. The van der Waals surface area contributed by atoms with Crippen LogP contribution in [0.4, 0.5) is 0 Å². The molecule has 3 heterocycles. The Balaban J connectivity index is 1.70. The Morgan fingerprint density at radius 3 is 2.56 bits per heavy atom. The molecule has 0 spiro atoms. The molecule has 1 saturated heterocycles. The van der Waals surface area contributed by atoms with Crippen LogP contribution in [0.1, 0.15) is 31.2 Å². The van der Waals surface area contributed by atoms with Gasteiger partial charge in [0.2, 0.25) is 10.0 Å². The Bertz CT molecular complexity index is 853. The number of nitrogens with zero attached hydrogens (tertiary/aromatic N) is 4. The molecular weight excluding hydrogens is 370 g/mol. The van der Waals surface area contributed by atoms with Gasteiger partial charge in [-0.1, -0.05) is 19.0 Å². The Labute approximate surface area is 159 Å². The van der Waals surface area contributed by atoms with Crippen LogP contribution in [0.5, 0.6) is 0 Å². The van der Waals surface area contributed by atoms with E-state index in [2.05, 4.69) is 15.5 Å². The third-order valence-electron chi connectivity index (χ3n) is 4.62. The third kappa shape index (κ3) is 4.60. The van der Waals surface area contributed by atoms with Crippen molar-refractivity contribution in [3.63, 3.8) is 0 Å². The van der Waals surface area contributed by atoms with Gasteiger partial charge >= 0.3 is 0 Å². The van der Waals surface area contributed by atoms with Crippen molar-refractivity contribution < 1.29 is 12.9 Å². The number of rotatable bonds is 5. The molecule has 3 rings (SSSR count). The molecule has 0 bridgehead atoms. The van der Waals surface area contributed by atoms with E-state index in [-0.39, 0.29) is 12.3 Å². The van der Waals surface area contributed by atoms with Gasteiger partial charge < -0.3 is 20.5 Å². The minimum absolute atomic E-state index is 0.255. The molecule has 1 fully saturated rings. The molecule has 0 saturated carbocycles. The van der Waals surface area contributed by atoms with Crippen LogP contribution in [0.2, 0.25) is 0 Å². The average Bonchev–Trinajstić information content (AvgIpc) is 3.01. The van der Waals surface area contributed by atoms with E-state index in [0.29, 0.717) is 37.8 Å². The van der Waals surface area contributed by atoms with E-state index in [1.807, 2.05) is 24.8 Å². The van der Waals surface area contributed by atoms with Gasteiger partial charge in [0.25, 0.3) is 0 Å². The minimum atomic E-state index is -3.18. The van der Waals surface area contributed by atoms with Gasteiger partial charge in [-0.2, -0.15) is 4.31 Å². The van der Waals surface area contributed by atoms with E-state index in [1.54, 1.807) is 6.08 Å². The molecule has 0 aliphatic carbocycles. The zero-order valence-electron chi connectivity index (χ0n) is 15.8. The fraction of sp³-hybridized carbons (Fsp3) is 0.625. The topological polar surface area (TPSA) is 143 Å². The van der Waals surface area contributed by atoms with E-state index in [4.69, 9.17) is 16.0 Å². The summed E-state index contributed by atoms with van der Waals surface area (Å²) in [5.74, 6) is 0.747. The van der Waals surface area contributed by atoms with Crippen LogP contribution in [0.15, 0.2) is 27.5 Å². The predicted molar refractivity (Wildman–Crippen MR) is 102 cm³/mol. The number of sulfonamides is 1. The highest BCUT2D eigenvalue weighted by atomic mass is 32.2. The van der Waals surface area contributed by atoms with E-state index >= 15 is 0 Å². The number of amidine groups is 1. The van der Waals surface area contributed by atoms with Gasteiger partial charge in [-0.3, -0.25) is 5.73 Å². The first-order chi connectivity index (χ1) is 12.6. The maximum Gasteiger partial charge on any atom is 0.211 e. The molecule has 11 heteroatoms. The molecule has 2 aliphatic heterocycles. The Kier molecular flexibility index (Phi) is 5.19. The zero-order chi connectivity index (χ0) is 19.8. The molecule has 5 N–H and O–H groups in total. The molecule has 2 aliphatic rings. The summed E-state index contributed by atoms with van der Waals surface area (Å²) in [7, 11) is -3.18. The van der Waals surface area contributed by atoms with E-state index < -0.39 is 15.8 Å². The van der Waals surface area contributed by atoms with E-state index in [9.17, 15) is 8.42 Å². The smallest absolute Gasteiger partial charge is 0.211 e. The monoisotopic (exact) mass is 397 g/mol. The molecule has 27 heavy (non-hydrogen) atoms. The van der Waals surface area contributed by atoms with Gasteiger partial charge in [-0.05, 0) is 5.92 Å². The first-order valence-corrected chi connectivity index (χ1v) is 10.7. The van der Waals surface area contributed by atoms with Crippen molar-refractivity contribution in [1.29, 1.82) is 0 Å². The van der Waals surface area contributed by atoms with Crippen molar-refractivity contribution >= 4 is 15.9 Å². The maximum absolute atomic E-state index is 11.7. The number of hydrogen-bond acceptors (Lipinski definition) is 9. The van der Waals surface area contributed by atoms with Crippen molar-refractivity contribution in [2.75, 3.05) is 32.4 Å². The second-order valence-corrected chi connectivity index (χ2v) is 9.30. The summed E-state index contributed by atoms with van der Waals surface area (Å²) < 4.78 is 30.2. The Morgan fingerprint density at radius 2 is 2.00 bits per heavy atom. The number of hydrogen-bond donors (Lipinski definition) is 3. The molecular formula is C16H27N7O3S. The van der Waals surface area contributed by atoms with Gasteiger partial charge in [-0.15, -0.1) is 0 Å². The Morgan fingerprint density at radius 1 is 1.33 bits per heavy atom. The van der Waals surface area contributed by atoms with Crippen LogP contribution in [0, 0.1) is 0 Å². The van der Waals surface area contributed by atoms with Crippen molar-refractivity contribution in [1.82, 2.24) is 19.7 Å². The average molecular weight is 398 g/mol. The van der Waals surface area contributed by atoms with E-state index in [0.717, 1.165) is 11.5 Å². The van der Waals surface area contributed by atoms with E-state index in [1.165, 1.54) is 10.6 Å². The lowest BCUT2D eigenvalue weighted by molar-refractivity contribution is 0.196. The maximum atomic E-state index is 11.7. The Hall–Kier alpha value is -2.11. The molecule has 1 aromatic rings. The van der Waals surface area contributed by atoms with Crippen LogP contribution in [0.25, 0.3) is 0 Å². The fourth-order valence-electron chi connectivity index (χ4n) is 3.15. The summed E-state index contributed by atoms with van der Waals surface area (Å²) in [6.07, 6.45) is 3.22. The lowest BCUT2D eigenvalue weighted by Crippen LogP contribution is -2.60. The number of nitrogens with one attached hydrogen (secondary N) is 1. The van der Waals surface area contributed by atoms with Gasteiger partial charge in [0.1, 0.15) is 17.4 Å². The molecule has 0 amide bonds. The third-order valence-corrected chi connectivity index (χ3v) is 5.92. The van der Waals surface area contributed by atoms with Gasteiger partial charge in [-0.25, -0.2) is 13.4 Å². The molecule has 1 aromatic heterocycles. The summed E-state index contributed by atoms with van der Waals surface area (Å²) in [6, 6.07) is 1.87. The zero-order valence-corrected chi connectivity index (χ0v) is 16.7. The van der Waals surface area contributed by atoms with Crippen molar-refractivity contribution in [2.24, 2.45) is 16.5 Å². The van der Waals surface area contributed by atoms with Crippen LogP contribution in [-0.2, 0) is 16.4 Å². The molecule has 1 atom stereocenters. The van der Waals surface area contributed by atoms with Crippen molar-refractivity contribution in [2.45, 2.75) is 32.0 Å². The summed E-state index contributed by atoms with van der Waals surface area (Å²) in [6.45, 7) is 5.96. The minimum Gasteiger partial charge on any atom is -0.384 e. The van der Waals surface area contributed by atoms with Crippen LogP contribution in [0.3, 0.4) is 0 Å². The predicted octanol–water partition coefficient (Wildman–Crippen LogP) is -0.668. The quantitative estimate of drug-likeness (QED) is 0.594. The second kappa shape index (κ2) is 7.13. The number of aliphatic imine (C=N–C) groups is 1. The van der Waals surface area contributed by atoms with Crippen molar-refractivity contribution in [3.05, 3.63) is 29.4 Å². The first-order valence-electron chi connectivity index (χ1n) is 8.85. The highest BCUT2D eigenvalue weighted by Crippen LogP contribution is 2.21. The molecule has 0 radical (unpaired) electrons. The van der Waals surface area contributed by atoms with Gasteiger partial charge in [0.15, 0.2) is 5.79 Å². The van der Waals surface area contributed by atoms with Gasteiger partial charge in [0, 0.05) is 38.3 Å². The lowest BCUT2D eigenvalue weighted by atomic mass is 10.1. The lowest BCUT2D eigenvalue weighted by Gasteiger charge is -2.40. The van der Waals surface area contributed by atoms with Crippen LogP contribution >= 0.6 is 0 Å². The second-order valence-electron chi connectivity index (χ2n) is 7.31. The highest BCUT2D eigenvalue weighted by molar-refractivity contribution is 7.88. The summed E-state index contributed by atoms with van der Waals surface area (Å²) in [4.78, 5) is 6.35. The summed E-state index contributed by atoms with van der Waals surface area (Å²) >= 11 is 0. The molecule has 10 nitrogen and oxygen atoms in total. The number of piperazine rings is 1. The first kappa shape index (κ1) is 19.6. The number of nitrogens with two attached hydrogens (primary N) is 2.